The number of hydrogen-bond donors (Lipinski definition) is 0. The third-order valence-electron chi connectivity index (χ3n) is 4.73. The van der Waals surface area contributed by atoms with E-state index in [1.807, 2.05) is 20.8 Å². The lowest BCUT2D eigenvalue weighted by Gasteiger charge is -2.37. The average Bonchev–Trinajstić information content (AvgIpc) is 2.41. The van der Waals surface area contributed by atoms with Crippen LogP contribution >= 0.6 is 0 Å². The third kappa shape index (κ3) is 7.23. The van der Waals surface area contributed by atoms with Crippen molar-refractivity contribution < 1.29 is 14.0 Å². The standard InChI is InChI=1S/C20H34O3Si/c1-19(2,3)23-18(21)14-13-16-9-11-17(12-10-16)15-22-24(7,8)20(4,5)6/h9,17H,10-12,15H2,1-8H3. The highest BCUT2D eigenvalue weighted by atomic mass is 28.4. The van der Waals surface area contributed by atoms with Crippen molar-refractivity contribution in [1.29, 1.82) is 0 Å². The van der Waals surface area contributed by atoms with Gasteiger partial charge in [0.1, 0.15) is 5.60 Å². The molecule has 3 nitrogen and oxygen atoms in total. The molecule has 0 saturated heterocycles. The molecule has 0 fully saturated rings. The van der Waals surface area contributed by atoms with Crippen molar-refractivity contribution in [3.05, 3.63) is 11.6 Å². The molecule has 0 aliphatic heterocycles. The van der Waals surface area contributed by atoms with Crippen LogP contribution in [0.3, 0.4) is 0 Å². The summed E-state index contributed by atoms with van der Waals surface area (Å²) in [6.45, 7) is 17.8. The van der Waals surface area contributed by atoms with Gasteiger partial charge in [-0.15, -0.1) is 0 Å². The van der Waals surface area contributed by atoms with Crippen molar-refractivity contribution in [1.82, 2.24) is 0 Å². The molecule has 136 valence electrons. The van der Waals surface area contributed by atoms with Crippen LogP contribution in [0.4, 0.5) is 0 Å². The van der Waals surface area contributed by atoms with Gasteiger partial charge in [-0.05, 0) is 69.7 Å². The molecule has 0 saturated carbocycles. The van der Waals surface area contributed by atoms with E-state index in [9.17, 15) is 4.79 Å². The molecule has 1 rings (SSSR count). The van der Waals surface area contributed by atoms with E-state index in [0.717, 1.165) is 31.4 Å². The molecule has 0 aromatic heterocycles. The van der Waals surface area contributed by atoms with Gasteiger partial charge in [-0.2, -0.15) is 0 Å². The number of rotatable bonds is 3. The first kappa shape index (κ1) is 21.0. The second kappa shape index (κ2) is 7.88. The highest BCUT2D eigenvalue weighted by molar-refractivity contribution is 6.74. The Balaban J connectivity index is 2.50. The summed E-state index contributed by atoms with van der Waals surface area (Å²) in [6.07, 6.45) is 5.12. The van der Waals surface area contributed by atoms with E-state index < -0.39 is 19.9 Å². The molecule has 0 radical (unpaired) electrons. The average molecular weight is 351 g/mol. The van der Waals surface area contributed by atoms with Crippen molar-refractivity contribution in [2.24, 2.45) is 5.92 Å². The summed E-state index contributed by atoms with van der Waals surface area (Å²) < 4.78 is 11.5. The van der Waals surface area contributed by atoms with Crippen molar-refractivity contribution in [3.8, 4) is 11.8 Å². The highest BCUT2D eigenvalue weighted by Crippen LogP contribution is 2.37. The summed E-state index contributed by atoms with van der Waals surface area (Å²) in [5, 5.41) is 0.252. The highest BCUT2D eigenvalue weighted by Gasteiger charge is 2.37. The minimum atomic E-state index is -1.67. The molecule has 1 atom stereocenters. The van der Waals surface area contributed by atoms with E-state index in [1.165, 1.54) is 0 Å². The van der Waals surface area contributed by atoms with Gasteiger partial charge in [-0.3, -0.25) is 0 Å². The monoisotopic (exact) mass is 350 g/mol. The molecule has 1 aliphatic carbocycles. The number of esters is 1. The van der Waals surface area contributed by atoms with E-state index in [1.54, 1.807) is 0 Å². The zero-order chi connectivity index (χ0) is 18.6. The van der Waals surface area contributed by atoms with Gasteiger partial charge in [-0.25, -0.2) is 4.79 Å². The summed E-state index contributed by atoms with van der Waals surface area (Å²) >= 11 is 0. The first-order valence-corrected chi connectivity index (χ1v) is 11.8. The molecular weight excluding hydrogens is 316 g/mol. The van der Waals surface area contributed by atoms with Crippen LogP contribution in [-0.2, 0) is 14.0 Å². The molecule has 24 heavy (non-hydrogen) atoms. The van der Waals surface area contributed by atoms with Gasteiger partial charge in [0.2, 0.25) is 0 Å². The van der Waals surface area contributed by atoms with Crippen molar-refractivity contribution in [2.45, 2.75) is 84.5 Å². The predicted octanol–water partition coefficient (Wildman–Crippen LogP) is 5.08. The Labute approximate surface area is 149 Å². The Morgan fingerprint density at radius 2 is 1.88 bits per heavy atom. The van der Waals surface area contributed by atoms with E-state index in [4.69, 9.17) is 9.16 Å². The molecule has 4 heteroatoms. The van der Waals surface area contributed by atoms with Gasteiger partial charge >= 0.3 is 5.97 Å². The van der Waals surface area contributed by atoms with Gasteiger partial charge in [0.15, 0.2) is 8.32 Å². The van der Waals surface area contributed by atoms with E-state index >= 15 is 0 Å². The van der Waals surface area contributed by atoms with Gasteiger partial charge in [0.25, 0.3) is 0 Å². The van der Waals surface area contributed by atoms with E-state index in [-0.39, 0.29) is 5.04 Å². The number of allylic oxidation sites excluding steroid dienone is 2. The lowest BCUT2D eigenvalue weighted by Crippen LogP contribution is -2.42. The number of carbonyl (C=O) groups excluding carboxylic acids is 1. The molecule has 1 unspecified atom stereocenters. The summed E-state index contributed by atoms with van der Waals surface area (Å²) in [5.74, 6) is 5.67. The smallest absolute Gasteiger partial charge is 0.385 e. The Bertz CT molecular complexity index is 536. The zero-order valence-electron chi connectivity index (χ0n) is 16.7. The van der Waals surface area contributed by atoms with Gasteiger partial charge in [0, 0.05) is 12.5 Å². The van der Waals surface area contributed by atoms with Crippen LogP contribution < -0.4 is 0 Å². The fourth-order valence-electron chi connectivity index (χ4n) is 2.13. The molecule has 0 bridgehead atoms. The summed E-state index contributed by atoms with van der Waals surface area (Å²) in [7, 11) is -1.67. The lowest BCUT2D eigenvalue weighted by molar-refractivity contribution is -0.147. The Morgan fingerprint density at radius 1 is 1.25 bits per heavy atom. The minimum absolute atomic E-state index is 0.252. The summed E-state index contributed by atoms with van der Waals surface area (Å²) in [4.78, 5) is 11.6. The quantitative estimate of drug-likeness (QED) is 0.308. The molecule has 0 aromatic rings. The SMILES string of the molecule is CC(C)(C)OC(=O)C#CC1=CCC(CO[Si](C)(C)C(C)(C)C)CC1. The van der Waals surface area contributed by atoms with Crippen molar-refractivity contribution in [2.75, 3.05) is 6.61 Å². The Hall–Kier alpha value is -1.05. The third-order valence-corrected chi connectivity index (χ3v) is 9.23. The second-order valence-corrected chi connectivity index (χ2v) is 14.0. The van der Waals surface area contributed by atoms with E-state index in [2.05, 4.69) is 51.8 Å². The van der Waals surface area contributed by atoms with Crippen LogP contribution in [0.1, 0.15) is 60.8 Å². The molecule has 0 heterocycles. The van der Waals surface area contributed by atoms with Gasteiger partial charge in [0.05, 0.1) is 0 Å². The predicted molar refractivity (Wildman–Crippen MR) is 102 cm³/mol. The Morgan fingerprint density at radius 3 is 2.33 bits per heavy atom. The first-order valence-electron chi connectivity index (χ1n) is 8.88. The first-order chi connectivity index (χ1) is 10.8. The van der Waals surface area contributed by atoms with Crippen LogP contribution in [0.5, 0.6) is 0 Å². The molecule has 1 aliphatic rings. The lowest BCUT2D eigenvalue weighted by atomic mass is 9.90. The van der Waals surface area contributed by atoms with Gasteiger partial charge < -0.3 is 9.16 Å². The maximum absolute atomic E-state index is 11.6. The molecule has 0 spiro atoms. The van der Waals surface area contributed by atoms with Crippen LogP contribution in [0.15, 0.2) is 11.6 Å². The minimum Gasteiger partial charge on any atom is -0.450 e. The molecule has 0 aromatic carbocycles. The van der Waals surface area contributed by atoms with Crippen LogP contribution in [0, 0.1) is 17.8 Å². The van der Waals surface area contributed by atoms with Gasteiger partial charge in [-0.1, -0.05) is 32.8 Å². The van der Waals surface area contributed by atoms with E-state index in [0.29, 0.717) is 5.92 Å². The number of carbonyl (C=O) groups is 1. The Kier molecular flexibility index (Phi) is 6.90. The maximum atomic E-state index is 11.6. The topological polar surface area (TPSA) is 35.5 Å². The van der Waals surface area contributed by atoms with Crippen LogP contribution in [0.2, 0.25) is 18.1 Å². The summed E-state index contributed by atoms with van der Waals surface area (Å²) in [6, 6.07) is 0. The fourth-order valence-corrected chi connectivity index (χ4v) is 3.22. The molecule has 0 N–H and O–H groups in total. The molecule has 0 amide bonds. The number of ether oxygens (including phenoxy) is 1. The zero-order valence-corrected chi connectivity index (χ0v) is 17.7. The van der Waals surface area contributed by atoms with Crippen molar-refractivity contribution in [3.63, 3.8) is 0 Å². The van der Waals surface area contributed by atoms with Crippen LogP contribution in [0.25, 0.3) is 0 Å². The second-order valence-electron chi connectivity index (χ2n) is 9.19. The normalized spacial score (nSPS) is 19.2. The molecular formula is C20H34O3Si. The van der Waals surface area contributed by atoms with Crippen LogP contribution in [-0.4, -0.2) is 26.5 Å². The number of hydrogen-bond acceptors (Lipinski definition) is 3. The summed E-state index contributed by atoms with van der Waals surface area (Å²) in [5.41, 5.74) is 0.559. The largest absolute Gasteiger partial charge is 0.450 e. The maximum Gasteiger partial charge on any atom is 0.385 e. The fraction of sp³-hybridized carbons (Fsp3) is 0.750. The van der Waals surface area contributed by atoms with Crippen molar-refractivity contribution >= 4 is 14.3 Å².